The van der Waals surface area contributed by atoms with E-state index in [0.29, 0.717) is 12.5 Å². The number of hydrogen-bond acceptors (Lipinski definition) is 3. The lowest BCUT2D eigenvalue weighted by molar-refractivity contribution is 0.0924. The van der Waals surface area contributed by atoms with Gasteiger partial charge in [0.2, 0.25) is 0 Å². The van der Waals surface area contributed by atoms with Crippen molar-refractivity contribution in [3.63, 3.8) is 0 Å². The van der Waals surface area contributed by atoms with Gasteiger partial charge >= 0.3 is 0 Å². The quantitative estimate of drug-likeness (QED) is 0.851. The highest BCUT2D eigenvalue weighted by Crippen LogP contribution is 2.09. The smallest absolute Gasteiger partial charge is 0.0718 e. The van der Waals surface area contributed by atoms with E-state index in [1.807, 2.05) is 12.1 Å². The van der Waals surface area contributed by atoms with Crippen molar-refractivity contribution in [1.82, 2.24) is 10.3 Å². The molecule has 0 aromatic carbocycles. The van der Waals surface area contributed by atoms with E-state index in [-0.39, 0.29) is 12.4 Å². The number of hydrogen-bond donors (Lipinski definition) is 1. The second-order valence-electron chi connectivity index (χ2n) is 3.73. The van der Waals surface area contributed by atoms with E-state index in [0.717, 1.165) is 19.7 Å². The van der Waals surface area contributed by atoms with Crippen molar-refractivity contribution in [2.45, 2.75) is 13.0 Å². The van der Waals surface area contributed by atoms with Gasteiger partial charge in [-0.05, 0) is 36.6 Å². The molecule has 1 N–H and O–H groups in total. The number of rotatable bonds is 4. The summed E-state index contributed by atoms with van der Waals surface area (Å²) in [6.45, 7) is 3.83. The van der Waals surface area contributed by atoms with Crippen LogP contribution in [0.3, 0.4) is 0 Å². The zero-order valence-electron chi connectivity index (χ0n) is 8.69. The van der Waals surface area contributed by atoms with Crippen LogP contribution >= 0.6 is 12.4 Å². The highest BCUT2D eigenvalue weighted by atomic mass is 35.5. The van der Waals surface area contributed by atoms with Crippen molar-refractivity contribution in [2.24, 2.45) is 5.92 Å². The summed E-state index contributed by atoms with van der Waals surface area (Å²) in [4.78, 5) is 3.97. The molecule has 0 radical (unpaired) electrons. The third kappa shape index (κ3) is 4.16. The number of nitrogens with one attached hydrogen (secondary N) is 1. The molecule has 1 aliphatic rings. The van der Waals surface area contributed by atoms with Gasteiger partial charge in [-0.1, -0.05) is 0 Å². The van der Waals surface area contributed by atoms with Crippen LogP contribution < -0.4 is 5.32 Å². The first-order valence-electron chi connectivity index (χ1n) is 5.12. The average molecular weight is 229 g/mol. The summed E-state index contributed by atoms with van der Waals surface area (Å²) in [6, 6.07) is 3.99. The van der Waals surface area contributed by atoms with Gasteiger partial charge < -0.3 is 10.1 Å². The Kier molecular flexibility index (Phi) is 5.61. The van der Waals surface area contributed by atoms with Gasteiger partial charge in [0.15, 0.2) is 0 Å². The number of ether oxygens (including phenoxy) is 1. The molecule has 0 aliphatic carbocycles. The Morgan fingerprint density at radius 2 is 2.20 bits per heavy atom. The Morgan fingerprint density at radius 1 is 1.40 bits per heavy atom. The van der Waals surface area contributed by atoms with Crippen molar-refractivity contribution in [1.29, 1.82) is 0 Å². The van der Waals surface area contributed by atoms with E-state index >= 15 is 0 Å². The van der Waals surface area contributed by atoms with E-state index < -0.39 is 0 Å². The summed E-state index contributed by atoms with van der Waals surface area (Å²) in [5.41, 5.74) is 1.20. The number of aromatic nitrogens is 1. The zero-order valence-corrected chi connectivity index (χ0v) is 9.50. The van der Waals surface area contributed by atoms with Gasteiger partial charge in [-0.15, -0.1) is 12.4 Å². The molecule has 0 saturated carbocycles. The van der Waals surface area contributed by atoms with Crippen LogP contribution in [0.15, 0.2) is 24.5 Å². The summed E-state index contributed by atoms with van der Waals surface area (Å²) in [5.74, 6) is 0.705. The second-order valence-corrected chi connectivity index (χ2v) is 3.73. The highest BCUT2D eigenvalue weighted by molar-refractivity contribution is 5.85. The molecule has 3 nitrogen and oxygen atoms in total. The molecule has 84 valence electrons. The normalized spacial score (nSPS) is 19.9. The SMILES string of the molecule is Cl.c1cc(COCC2CCNC2)ccn1. The van der Waals surface area contributed by atoms with E-state index in [2.05, 4.69) is 10.3 Å². The highest BCUT2D eigenvalue weighted by Gasteiger charge is 2.13. The molecule has 1 saturated heterocycles. The van der Waals surface area contributed by atoms with Crippen LogP contribution in [0.1, 0.15) is 12.0 Å². The zero-order chi connectivity index (χ0) is 9.64. The van der Waals surface area contributed by atoms with Crippen molar-refractivity contribution in [3.8, 4) is 0 Å². The van der Waals surface area contributed by atoms with E-state index in [1.165, 1.54) is 12.0 Å². The van der Waals surface area contributed by atoms with Gasteiger partial charge in [-0.25, -0.2) is 0 Å². The average Bonchev–Trinajstić information content (AvgIpc) is 2.72. The lowest BCUT2D eigenvalue weighted by Gasteiger charge is -2.08. The van der Waals surface area contributed by atoms with E-state index in [4.69, 9.17) is 4.74 Å². The molecular formula is C11H17ClN2O. The molecule has 2 rings (SSSR count). The maximum absolute atomic E-state index is 5.64. The summed E-state index contributed by atoms with van der Waals surface area (Å²) in [7, 11) is 0. The van der Waals surface area contributed by atoms with Crippen LogP contribution in [0.25, 0.3) is 0 Å². The molecule has 0 amide bonds. The minimum atomic E-state index is 0. The Hall–Kier alpha value is -0.640. The number of halogens is 1. The van der Waals surface area contributed by atoms with Crippen molar-refractivity contribution in [3.05, 3.63) is 30.1 Å². The standard InChI is InChI=1S/C11H16N2O.ClH/c1-4-12-5-2-10(1)8-14-9-11-3-6-13-7-11;/h1-2,4-5,11,13H,3,6-9H2;1H. The third-order valence-electron chi connectivity index (χ3n) is 2.53. The van der Waals surface area contributed by atoms with Gasteiger partial charge in [0, 0.05) is 18.9 Å². The molecular weight excluding hydrogens is 212 g/mol. The van der Waals surface area contributed by atoms with Gasteiger partial charge in [-0.2, -0.15) is 0 Å². The topological polar surface area (TPSA) is 34.1 Å². The fraction of sp³-hybridized carbons (Fsp3) is 0.545. The fourth-order valence-electron chi connectivity index (χ4n) is 1.68. The van der Waals surface area contributed by atoms with Gasteiger partial charge in [-0.3, -0.25) is 4.98 Å². The van der Waals surface area contributed by atoms with Crippen molar-refractivity contribution >= 4 is 12.4 Å². The van der Waals surface area contributed by atoms with E-state index in [1.54, 1.807) is 12.4 Å². The van der Waals surface area contributed by atoms with Gasteiger partial charge in [0.25, 0.3) is 0 Å². The summed E-state index contributed by atoms with van der Waals surface area (Å²) in [5, 5.41) is 3.33. The molecule has 0 spiro atoms. The molecule has 0 bridgehead atoms. The number of pyridine rings is 1. The molecule has 2 heterocycles. The maximum Gasteiger partial charge on any atom is 0.0718 e. The molecule has 1 aromatic rings. The Labute approximate surface area is 96.7 Å². The van der Waals surface area contributed by atoms with Crippen molar-refractivity contribution < 1.29 is 4.74 Å². The fourth-order valence-corrected chi connectivity index (χ4v) is 1.68. The van der Waals surface area contributed by atoms with Crippen LogP contribution in [0, 0.1) is 5.92 Å². The predicted octanol–water partition coefficient (Wildman–Crippen LogP) is 1.63. The molecule has 1 unspecified atom stereocenters. The molecule has 1 aliphatic heterocycles. The van der Waals surface area contributed by atoms with Crippen LogP contribution in [0.5, 0.6) is 0 Å². The lowest BCUT2D eigenvalue weighted by Crippen LogP contribution is -2.13. The van der Waals surface area contributed by atoms with Crippen LogP contribution in [-0.2, 0) is 11.3 Å². The Bertz CT molecular complexity index is 263. The molecule has 4 heteroatoms. The third-order valence-corrected chi connectivity index (χ3v) is 2.53. The largest absolute Gasteiger partial charge is 0.376 e. The monoisotopic (exact) mass is 228 g/mol. The van der Waals surface area contributed by atoms with Gasteiger partial charge in [0.1, 0.15) is 0 Å². The number of nitrogens with zero attached hydrogens (tertiary/aromatic N) is 1. The minimum absolute atomic E-state index is 0. The minimum Gasteiger partial charge on any atom is -0.376 e. The summed E-state index contributed by atoms with van der Waals surface area (Å²) >= 11 is 0. The molecule has 1 aromatic heterocycles. The summed E-state index contributed by atoms with van der Waals surface area (Å²) in [6.07, 6.45) is 4.85. The van der Waals surface area contributed by atoms with Crippen molar-refractivity contribution in [2.75, 3.05) is 19.7 Å². The van der Waals surface area contributed by atoms with Gasteiger partial charge in [0.05, 0.1) is 13.2 Å². The predicted molar refractivity (Wildman–Crippen MR) is 62.1 cm³/mol. The first-order valence-corrected chi connectivity index (χ1v) is 5.12. The van der Waals surface area contributed by atoms with Crippen LogP contribution in [0.4, 0.5) is 0 Å². The molecule has 1 fully saturated rings. The summed E-state index contributed by atoms with van der Waals surface area (Å²) < 4.78 is 5.64. The lowest BCUT2D eigenvalue weighted by atomic mass is 10.1. The molecule has 15 heavy (non-hydrogen) atoms. The first-order chi connectivity index (χ1) is 6.95. The first kappa shape index (κ1) is 12.4. The molecule has 1 atom stereocenters. The second kappa shape index (κ2) is 6.77. The van der Waals surface area contributed by atoms with Crippen LogP contribution in [0.2, 0.25) is 0 Å². The Morgan fingerprint density at radius 3 is 2.87 bits per heavy atom. The Balaban J connectivity index is 0.00000112. The van der Waals surface area contributed by atoms with Crippen LogP contribution in [-0.4, -0.2) is 24.7 Å². The van der Waals surface area contributed by atoms with E-state index in [9.17, 15) is 0 Å². The maximum atomic E-state index is 5.64.